The minimum Gasteiger partial charge on any atom is -0.390 e. The number of benzene rings is 1. The van der Waals surface area contributed by atoms with Crippen LogP contribution >= 0.6 is 0 Å². The second kappa shape index (κ2) is 6.91. The molecule has 0 unspecified atom stereocenters. The Labute approximate surface area is 141 Å². The number of hydrogen-bond acceptors (Lipinski definition) is 4. The molecule has 1 fully saturated rings. The third-order valence-corrected chi connectivity index (χ3v) is 4.63. The highest BCUT2D eigenvalue weighted by molar-refractivity contribution is 5.23. The summed E-state index contributed by atoms with van der Waals surface area (Å²) in [5.74, 6) is 0.735. The van der Waals surface area contributed by atoms with Crippen LogP contribution in [0.5, 0.6) is 0 Å². The summed E-state index contributed by atoms with van der Waals surface area (Å²) in [5.41, 5.74) is 1.64. The van der Waals surface area contributed by atoms with Crippen molar-refractivity contribution in [3.8, 4) is 0 Å². The van der Waals surface area contributed by atoms with E-state index in [1.165, 1.54) is 11.1 Å². The van der Waals surface area contributed by atoms with Crippen LogP contribution < -0.4 is 5.69 Å². The van der Waals surface area contributed by atoms with Crippen molar-refractivity contribution in [3.63, 3.8) is 0 Å². The molecule has 3 rings (SSSR count). The van der Waals surface area contributed by atoms with E-state index in [0.717, 1.165) is 44.6 Å². The van der Waals surface area contributed by atoms with Gasteiger partial charge in [0.2, 0.25) is 0 Å². The standard InChI is InChI=1S/C18H26N4O2/c1-18(2,24)10-9-13-5-7-14(8-6-13)12-22-11-3-4-15(22)16-19-17(23)21-20-16/h5-8,15,24H,3-4,9-12H2,1-2H3,(H2,19,20,21,23)/t15-/m1/s1. The van der Waals surface area contributed by atoms with E-state index in [0.29, 0.717) is 0 Å². The summed E-state index contributed by atoms with van der Waals surface area (Å²) in [4.78, 5) is 16.4. The van der Waals surface area contributed by atoms with Crippen LogP contribution in [0.1, 0.15) is 56.1 Å². The van der Waals surface area contributed by atoms with Crippen LogP contribution in [0.3, 0.4) is 0 Å². The van der Waals surface area contributed by atoms with Gasteiger partial charge < -0.3 is 5.11 Å². The molecule has 0 saturated carbocycles. The molecule has 3 N–H and O–H groups in total. The smallest absolute Gasteiger partial charge is 0.340 e. The third-order valence-electron chi connectivity index (χ3n) is 4.63. The summed E-state index contributed by atoms with van der Waals surface area (Å²) in [6.45, 7) is 5.55. The van der Waals surface area contributed by atoms with Gasteiger partial charge in [-0.1, -0.05) is 24.3 Å². The topological polar surface area (TPSA) is 85.0 Å². The molecule has 0 bridgehead atoms. The van der Waals surface area contributed by atoms with Gasteiger partial charge >= 0.3 is 5.69 Å². The van der Waals surface area contributed by atoms with Crippen molar-refractivity contribution in [3.05, 3.63) is 51.7 Å². The summed E-state index contributed by atoms with van der Waals surface area (Å²) < 4.78 is 0. The van der Waals surface area contributed by atoms with E-state index in [2.05, 4.69) is 44.3 Å². The zero-order valence-electron chi connectivity index (χ0n) is 14.4. The highest BCUT2D eigenvalue weighted by Gasteiger charge is 2.28. The quantitative estimate of drug-likeness (QED) is 0.757. The fraction of sp³-hybridized carbons (Fsp3) is 0.556. The summed E-state index contributed by atoms with van der Waals surface area (Å²) in [7, 11) is 0. The van der Waals surface area contributed by atoms with Crippen molar-refractivity contribution in [2.24, 2.45) is 0 Å². The second-order valence-electron chi connectivity index (χ2n) is 7.32. The maximum absolute atomic E-state index is 11.3. The van der Waals surface area contributed by atoms with Crippen LogP contribution in [0.15, 0.2) is 29.1 Å². The van der Waals surface area contributed by atoms with Gasteiger partial charge in [0, 0.05) is 6.54 Å². The Balaban J connectivity index is 1.62. The lowest BCUT2D eigenvalue weighted by molar-refractivity contribution is 0.0714. The molecule has 1 aliphatic heterocycles. The molecule has 2 aromatic rings. The van der Waals surface area contributed by atoms with Gasteiger partial charge in [-0.15, -0.1) is 0 Å². The number of H-pyrrole nitrogens is 2. The number of rotatable bonds is 6. The SMILES string of the molecule is CC(C)(O)CCc1ccc(CN2CCC[C@@H]2c2n[nH]c(=O)[nH]2)cc1. The van der Waals surface area contributed by atoms with E-state index in [9.17, 15) is 9.90 Å². The largest absolute Gasteiger partial charge is 0.390 e. The van der Waals surface area contributed by atoms with E-state index >= 15 is 0 Å². The molecule has 1 aliphatic rings. The number of nitrogens with zero attached hydrogens (tertiary/aromatic N) is 2. The van der Waals surface area contributed by atoms with Crippen LogP contribution in [0, 0.1) is 0 Å². The first-order chi connectivity index (χ1) is 11.4. The number of aromatic nitrogens is 3. The first-order valence-corrected chi connectivity index (χ1v) is 8.59. The monoisotopic (exact) mass is 330 g/mol. The van der Waals surface area contributed by atoms with Crippen molar-refractivity contribution >= 4 is 0 Å². The molecule has 24 heavy (non-hydrogen) atoms. The molecule has 1 aromatic carbocycles. The van der Waals surface area contributed by atoms with Gasteiger partial charge in [0.1, 0.15) is 5.82 Å². The molecule has 0 amide bonds. The summed E-state index contributed by atoms with van der Waals surface area (Å²) >= 11 is 0. The third kappa shape index (κ3) is 4.33. The number of aromatic amines is 2. The molecule has 1 aromatic heterocycles. The number of aliphatic hydroxyl groups is 1. The number of hydrogen-bond donors (Lipinski definition) is 3. The van der Waals surface area contributed by atoms with E-state index in [-0.39, 0.29) is 11.7 Å². The van der Waals surface area contributed by atoms with E-state index in [1.807, 2.05) is 13.8 Å². The minimum atomic E-state index is -0.623. The van der Waals surface area contributed by atoms with Gasteiger partial charge in [0.05, 0.1) is 11.6 Å². The minimum absolute atomic E-state index is 0.179. The van der Waals surface area contributed by atoms with Gasteiger partial charge in [-0.3, -0.25) is 9.88 Å². The number of likely N-dealkylation sites (tertiary alicyclic amines) is 1. The van der Waals surface area contributed by atoms with Gasteiger partial charge in [0.25, 0.3) is 0 Å². The van der Waals surface area contributed by atoms with Crippen LogP contribution in [0.2, 0.25) is 0 Å². The molecule has 6 nitrogen and oxygen atoms in total. The fourth-order valence-corrected chi connectivity index (χ4v) is 3.26. The predicted octanol–water partition coefficient (Wildman–Crippen LogP) is 2.14. The van der Waals surface area contributed by atoms with E-state index < -0.39 is 5.60 Å². The summed E-state index contributed by atoms with van der Waals surface area (Å²) in [6, 6.07) is 8.77. The Morgan fingerprint density at radius 2 is 2.00 bits per heavy atom. The maximum atomic E-state index is 11.3. The Bertz CT molecular complexity index is 712. The molecule has 130 valence electrons. The molecule has 0 radical (unpaired) electrons. The Kier molecular flexibility index (Phi) is 4.87. The molecule has 1 saturated heterocycles. The average molecular weight is 330 g/mol. The summed E-state index contributed by atoms with van der Waals surface area (Å²) in [6.07, 6.45) is 3.77. The first-order valence-electron chi connectivity index (χ1n) is 8.59. The van der Waals surface area contributed by atoms with Crippen molar-refractivity contribution in [2.75, 3.05) is 6.54 Å². The highest BCUT2D eigenvalue weighted by atomic mass is 16.3. The molecular weight excluding hydrogens is 304 g/mol. The second-order valence-corrected chi connectivity index (χ2v) is 7.32. The molecular formula is C18H26N4O2. The van der Waals surface area contributed by atoms with Crippen LogP contribution in [0.4, 0.5) is 0 Å². The first kappa shape index (κ1) is 16.9. The molecule has 0 aliphatic carbocycles. The maximum Gasteiger partial charge on any atom is 0.340 e. The molecule has 6 heteroatoms. The van der Waals surface area contributed by atoms with Crippen LogP contribution in [0.25, 0.3) is 0 Å². The highest BCUT2D eigenvalue weighted by Crippen LogP contribution is 2.30. The summed E-state index contributed by atoms with van der Waals surface area (Å²) in [5, 5.41) is 16.4. The lowest BCUT2D eigenvalue weighted by Gasteiger charge is -2.22. The van der Waals surface area contributed by atoms with Crippen molar-refractivity contribution in [1.82, 2.24) is 20.1 Å². The van der Waals surface area contributed by atoms with Gasteiger partial charge in [-0.25, -0.2) is 9.89 Å². The fourth-order valence-electron chi connectivity index (χ4n) is 3.26. The lowest BCUT2D eigenvalue weighted by atomic mass is 9.98. The average Bonchev–Trinajstić information content (AvgIpc) is 3.14. The Morgan fingerprint density at radius 1 is 1.29 bits per heavy atom. The van der Waals surface area contributed by atoms with Crippen LogP contribution in [-0.2, 0) is 13.0 Å². The molecule has 1 atom stereocenters. The van der Waals surface area contributed by atoms with Crippen molar-refractivity contribution in [1.29, 1.82) is 0 Å². The Morgan fingerprint density at radius 3 is 2.62 bits per heavy atom. The molecule has 0 spiro atoms. The normalized spacial score (nSPS) is 19.0. The number of nitrogens with one attached hydrogen (secondary N) is 2. The van der Waals surface area contributed by atoms with Gasteiger partial charge in [-0.05, 0) is 57.2 Å². The predicted molar refractivity (Wildman–Crippen MR) is 92.7 cm³/mol. The lowest BCUT2D eigenvalue weighted by Crippen LogP contribution is -2.24. The van der Waals surface area contributed by atoms with Gasteiger partial charge in [-0.2, -0.15) is 5.10 Å². The zero-order chi connectivity index (χ0) is 17.2. The number of aryl methyl sites for hydroxylation is 1. The van der Waals surface area contributed by atoms with Crippen molar-refractivity contribution < 1.29 is 5.11 Å². The van der Waals surface area contributed by atoms with Gasteiger partial charge in [0.15, 0.2) is 0 Å². The zero-order valence-corrected chi connectivity index (χ0v) is 14.4. The van der Waals surface area contributed by atoms with Crippen LogP contribution in [-0.4, -0.2) is 37.3 Å². The van der Waals surface area contributed by atoms with E-state index in [1.54, 1.807) is 0 Å². The van der Waals surface area contributed by atoms with E-state index in [4.69, 9.17) is 0 Å². The molecule has 2 heterocycles. The Hall–Kier alpha value is -1.92. The van der Waals surface area contributed by atoms with Crippen molar-refractivity contribution in [2.45, 2.75) is 57.7 Å².